The molecule has 0 amide bonds. The van der Waals surface area contributed by atoms with E-state index in [-0.39, 0.29) is 5.78 Å². The van der Waals surface area contributed by atoms with Crippen molar-refractivity contribution in [2.24, 2.45) is 0 Å². The minimum absolute atomic E-state index is 0.0669. The van der Waals surface area contributed by atoms with Crippen LogP contribution in [0.4, 0.5) is 0 Å². The van der Waals surface area contributed by atoms with Gasteiger partial charge in [0, 0.05) is 11.4 Å². The zero-order chi connectivity index (χ0) is 12.3. The molecule has 1 aromatic rings. The van der Waals surface area contributed by atoms with Crippen molar-refractivity contribution in [3.63, 3.8) is 0 Å². The highest BCUT2D eigenvalue weighted by atomic mass is 32.2. The Kier molecular flexibility index (Phi) is 4.44. The van der Waals surface area contributed by atoms with Crippen molar-refractivity contribution < 1.29 is 9.90 Å². The number of aliphatic hydroxyl groups excluding tert-OH is 1. The van der Waals surface area contributed by atoms with Crippen molar-refractivity contribution in [3.8, 4) is 0 Å². The minimum atomic E-state index is -0.702. The molecular weight excluding hydrogens is 224 g/mol. The van der Waals surface area contributed by atoms with Gasteiger partial charge in [0.15, 0.2) is 5.16 Å². The van der Waals surface area contributed by atoms with E-state index in [9.17, 15) is 9.90 Å². The van der Waals surface area contributed by atoms with Crippen LogP contribution < -0.4 is 0 Å². The number of nitrogens with zero attached hydrogens (tertiary/aromatic N) is 2. The van der Waals surface area contributed by atoms with Crippen molar-refractivity contribution in [1.82, 2.24) is 9.97 Å². The Labute approximate surface area is 99.5 Å². The molecular formula is C11H16N2O2S. The summed E-state index contributed by atoms with van der Waals surface area (Å²) < 4.78 is 0. The summed E-state index contributed by atoms with van der Waals surface area (Å²) in [4.78, 5) is 19.8. The summed E-state index contributed by atoms with van der Waals surface area (Å²) in [5.41, 5.74) is 1.73. The van der Waals surface area contributed by atoms with Crippen LogP contribution in [0.1, 0.15) is 25.2 Å². The number of hydrogen-bond donors (Lipinski definition) is 1. The van der Waals surface area contributed by atoms with Crippen LogP contribution in [0.15, 0.2) is 11.2 Å². The molecule has 0 radical (unpaired) electrons. The van der Waals surface area contributed by atoms with Crippen molar-refractivity contribution in [2.45, 2.75) is 44.2 Å². The summed E-state index contributed by atoms with van der Waals surface area (Å²) in [6.07, 6.45) is -0.702. The van der Waals surface area contributed by atoms with Crippen LogP contribution in [0.2, 0.25) is 0 Å². The molecule has 0 aromatic carbocycles. The number of carbonyl (C=O) groups excluding carboxylic acids is 1. The topological polar surface area (TPSA) is 63.1 Å². The average Bonchev–Trinajstić information content (AvgIpc) is 2.11. The number of aliphatic hydroxyl groups is 1. The summed E-state index contributed by atoms with van der Waals surface area (Å²) in [5, 5.41) is 9.53. The molecule has 1 rings (SSSR count). The van der Waals surface area contributed by atoms with Crippen LogP contribution in [-0.4, -0.2) is 32.2 Å². The van der Waals surface area contributed by atoms with E-state index in [0.29, 0.717) is 5.16 Å². The molecule has 16 heavy (non-hydrogen) atoms. The molecule has 0 aliphatic rings. The Morgan fingerprint density at radius 3 is 2.25 bits per heavy atom. The molecule has 0 saturated heterocycles. The second-order valence-electron chi connectivity index (χ2n) is 3.82. The number of Topliss-reactive ketones (excluding diaryl/α,β-unsaturated/α-hetero) is 1. The summed E-state index contributed by atoms with van der Waals surface area (Å²) in [7, 11) is 0. The van der Waals surface area contributed by atoms with Gasteiger partial charge in [-0.05, 0) is 33.8 Å². The lowest BCUT2D eigenvalue weighted by Crippen LogP contribution is -2.27. The Balaban J connectivity index is 2.89. The third-order valence-electron chi connectivity index (χ3n) is 2.03. The Morgan fingerprint density at radius 2 is 1.88 bits per heavy atom. The van der Waals surface area contributed by atoms with Crippen LogP contribution >= 0.6 is 11.8 Å². The maximum absolute atomic E-state index is 11.3. The highest BCUT2D eigenvalue weighted by Crippen LogP contribution is 2.23. The van der Waals surface area contributed by atoms with E-state index in [0.717, 1.165) is 11.4 Å². The first-order valence-corrected chi connectivity index (χ1v) is 5.95. The second kappa shape index (κ2) is 5.41. The second-order valence-corrected chi connectivity index (χ2v) is 4.93. The van der Waals surface area contributed by atoms with Gasteiger partial charge in [-0.15, -0.1) is 0 Å². The molecule has 2 atom stereocenters. The number of aromatic nitrogens is 2. The molecule has 1 aromatic heterocycles. The lowest BCUT2D eigenvalue weighted by Gasteiger charge is -2.15. The fourth-order valence-corrected chi connectivity index (χ4v) is 2.36. The lowest BCUT2D eigenvalue weighted by molar-refractivity contribution is -0.118. The third-order valence-corrected chi connectivity index (χ3v) is 3.41. The van der Waals surface area contributed by atoms with Crippen molar-refractivity contribution in [1.29, 1.82) is 0 Å². The minimum Gasteiger partial charge on any atom is -0.392 e. The molecule has 88 valence electrons. The third kappa shape index (κ3) is 3.57. The largest absolute Gasteiger partial charge is 0.392 e. The Hall–Kier alpha value is -0.940. The van der Waals surface area contributed by atoms with Gasteiger partial charge in [-0.3, -0.25) is 4.79 Å². The first-order valence-electron chi connectivity index (χ1n) is 5.07. The van der Waals surface area contributed by atoms with Crippen LogP contribution in [0.25, 0.3) is 0 Å². The summed E-state index contributed by atoms with van der Waals surface area (Å²) >= 11 is 1.21. The normalized spacial score (nSPS) is 14.6. The summed E-state index contributed by atoms with van der Waals surface area (Å²) in [6, 6.07) is 1.87. The molecule has 1 heterocycles. The van der Waals surface area contributed by atoms with Gasteiger partial charge in [0.2, 0.25) is 0 Å². The van der Waals surface area contributed by atoms with E-state index in [2.05, 4.69) is 9.97 Å². The van der Waals surface area contributed by atoms with Gasteiger partial charge >= 0.3 is 0 Å². The van der Waals surface area contributed by atoms with E-state index in [4.69, 9.17) is 0 Å². The molecule has 2 unspecified atom stereocenters. The zero-order valence-corrected chi connectivity index (χ0v) is 10.7. The van der Waals surface area contributed by atoms with E-state index in [1.807, 2.05) is 19.9 Å². The van der Waals surface area contributed by atoms with E-state index in [1.165, 1.54) is 18.7 Å². The first kappa shape index (κ1) is 13.1. The maximum atomic E-state index is 11.3. The smallest absolute Gasteiger partial charge is 0.188 e. The van der Waals surface area contributed by atoms with E-state index in [1.54, 1.807) is 6.92 Å². The standard InChI is InChI=1S/C11H16N2O2S/c1-6-5-7(2)13-11(12-6)16-10(8(3)14)9(4)15/h5,8,10,14H,1-4H3. The molecule has 5 heteroatoms. The predicted octanol–water partition coefficient (Wildman–Crippen LogP) is 1.52. The van der Waals surface area contributed by atoms with Crippen LogP contribution in [0.5, 0.6) is 0 Å². The van der Waals surface area contributed by atoms with Crippen molar-refractivity contribution in [2.75, 3.05) is 0 Å². The zero-order valence-electron chi connectivity index (χ0n) is 9.89. The molecule has 0 bridgehead atoms. The van der Waals surface area contributed by atoms with Gasteiger partial charge in [-0.2, -0.15) is 0 Å². The molecule has 0 aliphatic carbocycles. The highest BCUT2D eigenvalue weighted by molar-refractivity contribution is 8.00. The Morgan fingerprint density at radius 1 is 1.38 bits per heavy atom. The lowest BCUT2D eigenvalue weighted by atomic mass is 10.2. The van der Waals surface area contributed by atoms with Crippen molar-refractivity contribution in [3.05, 3.63) is 17.5 Å². The van der Waals surface area contributed by atoms with Gasteiger partial charge in [0.25, 0.3) is 0 Å². The monoisotopic (exact) mass is 240 g/mol. The summed E-state index contributed by atoms with van der Waals surface area (Å²) in [6.45, 7) is 6.82. The molecule has 0 spiro atoms. The maximum Gasteiger partial charge on any atom is 0.188 e. The molecule has 0 aliphatic heterocycles. The number of rotatable bonds is 4. The number of aryl methyl sites for hydroxylation is 2. The van der Waals surface area contributed by atoms with Gasteiger partial charge in [-0.1, -0.05) is 11.8 Å². The number of carbonyl (C=O) groups is 1. The fourth-order valence-electron chi connectivity index (χ4n) is 1.38. The SMILES string of the molecule is CC(=O)C(Sc1nc(C)cc(C)n1)C(C)O. The van der Waals surface area contributed by atoms with Gasteiger partial charge in [0.1, 0.15) is 5.78 Å². The van der Waals surface area contributed by atoms with E-state index < -0.39 is 11.4 Å². The molecule has 0 fully saturated rings. The van der Waals surface area contributed by atoms with Gasteiger partial charge in [-0.25, -0.2) is 9.97 Å². The first-order chi connectivity index (χ1) is 7.40. The molecule has 1 N–H and O–H groups in total. The van der Waals surface area contributed by atoms with Crippen LogP contribution in [0.3, 0.4) is 0 Å². The van der Waals surface area contributed by atoms with E-state index >= 15 is 0 Å². The van der Waals surface area contributed by atoms with Crippen molar-refractivity contribution >= 4 is 17.5 Å². The fraction of sp³-hybridized carbons (Fsp3) is 0.545. The molecule has 4 nitrogen and oxygen atoms in total. The molecule has 0 saturated carbocycles. The van der Waals surface area contributed by atoms with Crippen LogP contribution in [-0.2, 0) is 4.79 Å². The van der Waals surface area contributed by atoms with Gasteiger partial charge < -0.3 is 5.11 Å². The van der Waals surface area contributed by atoms with Crippen LogP contribution in [0, 0.1) is 13.8 Å². The summed E-state index contributed by atoms with van der Waals surface area (Å²) in [5.74, 6) is -0.0669. The quantitative estimate of drug-likeness (QED) is 0.638. The predicted molar refractivity (Wildman–Crippen MR) is 63.5 cm³/mol. The number of ketones is 1. The average molecular weight is 240 g/mol. The number of hydrogen-bond acceptors (Lipinski definition) is 5. The number of thioether (sulfide) groups is 1. The Bertz CT molecular complexity index is 373. The highest BCUT2D eigenvalue weighted by Gasteiger charge is 2.22. The van der Waals surface area contributed by atoms with Gasteiger partial charge in [0.05, 0.1) is 11.4 Å².